The van der Waals surface area contributed by atoms with E-state index in [-0.39, 0.29) is 6.09 Å². The Kier molecular flexibility index (Phi) is 5.18. The SMILES string of the molecule is CCC(C)CNC1CC2CCC(C1)N2C(=O)OC(C)(C)C. The number of amides is 1. The summed E-state index contributed by atoms with van der Waals surface area (Å²) in [4.78, 5) is 14.4. The molecule has 0 aliphatic carbocycles. The first-order valence-electron chi connectivity index (χ1n) is 8.55. The summed E-state index contributed by atoms with van der Waals surface area (Å²) < 4.78 is 5.58. The summed E-state index contributed by atoms with van der Waals surface area (Å²) in [6.45, 7) is 11.4. The van der Waals surface area contributed by atoms with Crippen molar-refractivity contribution in [2.75, 3.05) is 6.54 Å². The van der Waals surface area contributed by atoms with Gasteiger partial charge in [0.2, 0.25) is 0 Å². The normalized spacial score (nSPS) is 30.3. The van der Waals surface area contributed by atoms with Gasteiger partial charge in [-0.2, -0.15) is 0 Å². The fourth-order valence-corrected chi connectivity index (χ4v) is 3.47. The Hall–Kier alpha value is -0.770. The highest BCUT2D eigenvalue weighted by Crippen LogP contribution is 2.36. The van der Waals surface area contributed by atoms with Crippen LogP contribution in [-0.4, -0.2) is 41.3 Å². The van der Waals surface area contributed by atoms with Crippen molar-refractivity contribution < 1.29 is 9.53 Å². The Balaban J connectivity index is 1.88. The second-order valence-electron chi connectivity index (χ2n) is 7.86. The van der Waals surface area contributed by atoms with Gasteiger partial charge >= 0.3 is 6.09 Å². The average molecular weight is 296 g/mol. The zero-order chi connectivity index (χ0) is 15.6. The highest BCUT2D eigenvalue weighted by molar-refractivity contribution is 5.69. The molecule has 2 bridgehead atoms. The lowest BCUT2D eigenvalue weighted by atomic mass is 9.97. The van der Waals surface area contributed by atoms with Gasteiger partial charge < -0.3 is 15.0 Å². The molecule has 122 valence electrons. The standard InChI is InChI=1S/C17H32N2O2/c1-6-12(2)11-18-13-9-14-7-8-15(10-13)19(14)16(20)21-17(3,4)5/h12-15,18H,6-11H2,1-5H3. The van der Waals surface area contributed by atoms with Gasteiger partial charge in [0.25, 0.3) is 0 Å². The van der Waals surface area contributed by atoms with Crippen LogP contribution in [0.2, 0.25) is 0 Å². The maximum atomic E-state index is 12.4. The highest BCUT2D eigenvalue weighted by Gasteiger charge is 2.44. The van der Waals surface area contributed by atoms with Crippen molar-refractivity contribution in [1.29, 1.82) is 0 Å². The second-order valence-corrected chi connectivity index (χ2v) is 7.86. The molecule has 1 amide bonds. The van der Waals surface area contributed by atoms with E-state index < -0.39 is 5.60 Å². The zero-order valence-corrected chi connectivity index (χ0v) is 14.3. The van der Waals surface area contributed by atoms with Crippen LogP contribution in [0.1, 0.15) is 66.7 Å². The molecule has 2 rings (SSSR count). The van der Waals surface area contributed by atoms with Gasteiger partial charge in [-0.3, -0.25) is 0 Å². The minimum atomic E-state index is -0.401. The van der Waals surface area contributed by atoms with Crippen LogP contribution in [-0.2, 0) is 4.74 Å². The number of nitrogens with one attached hydrogen (secondary N) is 1. The Labute approximate surface area is 129 Å². The fraction of sp³-hybridized carbons (Fsp3) is 0.941. The maximum absolute atomic E-state index is 12.4. The molecular weight excluding hydrogens is 264 g/mol. The first kappa shape index (κ1) is 16.6. The molecule has 0 radical (unpaired) electrons. The molecule has 1 N–H and O–H groups in total. The maximum Gasteiger partial charge on any atom is 0.410 e. The molecule has 4 heteroatoms. The van der Waals surface area contributed by atoms with Crippen LogP contribution in [0.3, 0.4) is 0 Å². The van der Waals surface area contributed by atoms with Crippen LogP contribution in [0, 0.1) is 5.92 Å². The van der Waals surface area contributed by atoms with Crippen LogP contribution >= 0.6 is 0 Å². The summed E-state index contributed by atoms with van der Waals surface area (Å²) in [5.74, 6) is 0.728. The summed E-state index contributed by atoms with van der Waals surface area (Å²) >= 11 is 0. The summed E-state index contributed by atoms with van der Waals surface area (Å²) in [5, 5.41) is 3.70. The van der Waals surface area contributed by atoms with Crippen molar-refractivity contribution >= 4 is 6.09 Å². The molecule has 0 aromatic carbocycles. The van der Waals surface area contributed by atoms with Gasteiger partial charge in [0.05, 0.1) is 0 Å². The molecule has 3 atom stereocenters. The van der Waals surface area contributed by atoms with E-state index in [4.69, 9.17) is 4.74 Å². The summed E-state index contributed by atoms with van der Waals surface area (Å²) in [5.41, 5.74) is -0.401. The van der Waals surface area contributed by atoms with Crippen LogP contribution in [0.15, 0.2) is 0 Å². The van der Waals surface area contributed by atoms with E-state index in [9.17, 15) is 4.79 Å². The van der Waals surface area contributed by atoms with E-state index >= 15 is 0 Å². The third kappa shape index (κ3) is 4.35. The molecule has 2 heterocycles. The number of ether oxygens (including phenoxy) is 1. The predicted molar refractivity (Wildman–Crippen MR) is 85.4 cm³/mol. The van der Waals surface area contributed by atoms with E-state index in [1.54, 1.807) is 0 Å². The Morgan fingerprint density at radius 2 is 1.86 bits per heavy atom. The molecule has 4 nitrogen and oxygen atoms in total. The molecule has 0 saturated carbocycles. The smallest absolute Gasteiger partial charge is 0.410 e. The van der Waals surface area contributed by atoms with E-state index in [1.807, 2.05) is 25.7 Å². The first-order valence-corrected chi connectivity index (χ1v) is 8.55. The molecule has 2 saturated heterocycles. The van der Waals surface area contributed by atoms with Gasteiger partial charge in [-0.1, -0.05) is 20.3 Å². The highest BCUT2D eigenvalue weighted by atomic mass is 16.6. The Morgan fingerprint density at radius 1 is 1.29 bits per heavy atom. The van der Waals surface area contributed by atoms with Crippen LogP contribution in [0.25, 0.3) is 0 Å². The molecule has 21 heavy (non-hydrogen) atoms. The Morgan fingerprint density at radius 3 is 2.33 bits per heavy atom. The largest absolute Gasteiger partial charge is 0.444 e. The second kappa shape index (κ2) is 6.55. The first-order chi connectivity index (χ1) is 9.80. The number of hydrogen-bond donors (Lipinski definition) is 1. The van der Waals surface area contributed by atoms with E-state index in [0.29, 0.717) is 18.1 Å². The van der Waals surface area contributed by atoms with Crippen molar-refractivity contribution in [2.45, 2.75) is 90.4 Å². The minimum Gasteiger partial charge on any atom is -0.444 e. The Bertz CT molecular complexity index is 350. The average Bonchev–Trinajstić information content (AvgIpc) is 2.65. The van der Waals surface area contributed by atoms with E-state index in [2.05, 4.69) is 19.2 Å². The number of carbonyl (C=O) groups is 1. The summed E-state index contributed by atoms with van der Waals surface area (Å²) in [6, 6.07) is 1.30. The van der Waals surface area contributed by atoms with Crippen LogP contribution < -0.4 is 5.32 Å². The topological polar surface area (TPSA) is 41.6 Å². The quantitative estimate of drug-likeness (QED) is 0.862. The number of rotatable bonds is 4. The molecule has 0 aromatic rings. The molecule has 2 fully saturated rings. The molecule has 2 aliphatic rings. The van der Waals surface area contributed by atoms with Gasteiger partial charge in [0.1, 0.15) is 5.60 Å². The fourth-order valence-electron chi connectivity index (χ4n) is 3.47. The lowest BCUT2D eigenvalue weighted by Crippen LogP contribution is -2.53. The van der Waals surface area contributed by atoms with Crippen molar-refractivity contribution in [1.82, 2.24) is 10.2 Å². The van der Waals surface area contributed by atoms with Gasteiger partial charge in [-0.25, -0.2) is 4.79 Å². The van der Waals surface area contributed by atoms with Crippen molar-refractivity contribution in [2.24, 2.45) is 5.92 Å². The number of nitrogens with zero attached hydrogens (tertiary/aromatic N) is 1. The van der Waals surface area contributed by atoms with Gasteiger partial charge in [0.15, 0.2) is 0 Å². The van der Waals surface area contributed by atoms with Crippen molar-refractivity contribution in [3.8, 4) is 0 Å². The lowest BCUT2D eigenvalue weighted by Gasteiger charge is -2.40. The number of piperidine rings is 1. The monoisotopic (exact) mass is 296 g/mol. The molecule has 2 aliphatic heterocycles. The van der Waals surface area contributed by atoms with Crippen LogP contribution in [0.5, 0.6) is 0 Å². The van der Waals surface area contributed by atoms with Gasteiger partial charge in [-0.05, 0) is 58.9 Å². The van der Waals surface area contributed by atoms with E-state index in [0.717, 1.165) is 38.1 Å². The predicted octanol–water partition coefficient (Wildman–Crippen LogP) is 3.55. The minimum absolute atomic E-state index is 0.115. The lowest BCUT2D eigenvalue weighted by molar-refractivity contribution is 0.00461. The number of carbonyl (C=O) groups excluding carboxylic acids is 1. The summed E-state index contributed by atoms with van der Waals surface area (Å²) in [6.07, 6.45) is 5.52. The van der Waals surface area contributed by atoms with Gasteiger partial charge in [-0.15, -0.1) is 0 Å². The molecule has 0 aromatic heterocycles. The number of fused-ring (bicyclic) bond motifs is 2. The molecule has 0 spiro atoms. The zero-order valence-electron chi connectivity index (χ0n) is 14.3. The third-order valence-electron chi connectivity index (χ3n) is 4.79. The van der Waals surface area contributed by atoms with Gasteiger partial charge in [0, 0.05) is 18.1 Å². The molecular formula is C17H32N2O2. The summed E-state index contributed by atoms with van der Waals surface area (Å²) in [7, 11) is 0. The van der Waals surface area contributed by atoms with E-state index in [1.165, 1.54) is 6.42 Å². The third-order valence-corrected chi connectivity index (χ3v) is 4.79. The van der Waals surface area contributed by atoms with Crippen molar-refractivity contribution in [3.63, 3.8) is 0 Å². The van der Waals surface area contributed by atoms with Crippen LogP contribution in [0.4, 0.5) is 4.79 Å². The van der Waals surface area contributed by atoms with Crippen molar-refractivity contribution in [3.05, 3.63) is 0 Å². The number of hydrogen-bond acceptors (Lipinski definition) is 3. The molecule has 3 unspecified atom stereocenters.